The summed E-state index contributed by atoms with van der Waals surface area (Å²) in [6.45, 7) is 0. The molecule has 180 valence electrons. The van der Waals surface area contributed by atoms with Crippen LogP contribution in [-0.4, -0.2) is 30.9 Å². The van der Waals surface area contributed by atoms with Crippen molar-refractivity contribution in [2.24, 2.45) is 0 Å². The van der Waals surface area contributed by atoms with Crippen molar-refractivity contribution in [3.8, 4) is 56.8 Å². The predicted molar refractivity (Wildman–Crippen MR) is 145 cm³/mol. The van der Waals surface area contributed by atoms with E-state index < -0.39 is 0 Å². The molecule has 0 aliphatic heterocycles. The molecule has 6 heteroatoms. The second kappa shape index (κ2) is 10.2. The molecule has 0 spiro atoms. The molecule has 0 radical (unpaired) electrons. The molecule has 0 atom stereocenters. The topological polar surface area (TPSA) is 45.5 Å². The van der Waals surface area contributed by atoms with E-state index in [1.54, 1.807) is 21.3 Å². The normalized spacial score (nSPS) is 10.8. The van der Waals surface area contributed by atoms with Gasteiger partial charge >= 0.3 is 0 Å². The Morgan fingerprint density at radius 1 is 0.639 bits per heavy atom. The fourth-order valence-electron chi connectivity index (χ4n) is 4.33. The van der Waals surface area contributed by atoms with E-state index in [0.717, 1.165) is 39.6 Å². The zero-order valence-corrected chi connectivity index (χ0v) is 21.0. The molecule has 0 aliphatic rings. The van der Waals surface area contributed by atoms with Gasteiger partial charge in [-0.05, 0) is 36.4 Å². The summed E-state index contributed by atoms with van der Waals surface area (Å²) in [4.78, 5) is 5.21. The van der Waals surface area contributed by atoms with Crippen LogP contribution in [0.25, 0.3) is 39.6 Å². The number of halogens is 1. The van der Waals surface area contributed by atoms with Gasteiger partial charge in [0.2, 0.25) is 5.75 Å². The van der Waals surface area contributed by atoms with Gasteiger partial charge in [0.05, 0.1) is 32.7 Å². The van der Waals surface area contributed by atoms with E-state index in [1.807, 2.05) is 72.8 Å². The smallest absolute Gasteiger partial charge is 0.203 e. The number of benzene rings is 4. The molecule has 0 saturated carbocycles. The number of imidazole rings is 1. The maximum Gasteiger partial charge on any atom is 0.203 e. The first-order valence-corrected chi connectivity index (χ1v) is 11.8. The van der Waals surface area contributed by atoms with Crippen LogP contribution < -0.4 is 14.2 Å². The predicted octanol–water partition coefficient (Wildman–Crippen LogP) is 7.55. The van der Waals surface area contributed by atoms with Crippen molar-refractivity contribution in [2.45, 2.75) is 0 Å². The quantitative estimate of drug-likeness (QED) is 0.233. The number of ether oxygens (including phenoxy) is 3. The highest BCUT2D eigenvalue weighted by Crippen LogP contribution is 2.44. The zero-order valence-electron chi connectivity index (χ0n) is 20.2. The van der Waals surface area contributed by atoms with Gasteiger partial charge < -0.3 is 14.2 Å². The van der Waals surface area contributed by atoms with Crippen molar-refractivity contribution in [3.05, 3.63) is 102 Å². The molecule has 0 unspecified atom stereocenters. The molecule has 5 nitrogen and oxygen atoms in total. The first-order chi connectivity index (χ1) is 17.6. The molecular weight excluding hydrogens is 472 g/mol. The van der Waals surface area contributed by atoms with E-state index >= 15 is 0 Å². The van der Waals surface area contributed by atoms with Crippen LogP contribution >= 0.6 is 11.6 Å². The van der Waals surface area contributed by atoms with Crippen molar-refractivity contribution in [3.63, 3.8) is 0 Å². The van der Waals surface area contributed by atoms with Crippen LogP contribution in [0.3, 0.4) is 0 Å². The third-order valence-corrected chi connectivity index (χ3v) is 6.23. The van der Waals surface area contributed by atoms with Crippen LogP contribution in [0.5, 0.6) is 17.2 Å². The van der Waals surface area contributed by atoms with Gasteiger partial charge in [-0.15, -0.1) is 0 Å². The highest BCUT2D eigenvalue weighted by Gasteiger charge is 2.24. The van der Waals surface area contributed by atoms with Gasteiger partial charge in [-0.3, -0.25) is 4.57 Å². The van der Waals surface area contributed by atoms with Crippen molar-refractivity contribution in [1.29, 1.82) is 0 Å². The molecular formula is C30H25ClN2O3. The summed E-state index contributed by atoms with van der Waals surface area (Å²) < 4.78 is 19.0. The summed E-state index contributed by atoms with van der Waals surface area (Å²) in [7, 11) is 4.81. The highest BCUT2D eigenvalue weighted by atomic mass is 35.5. The fraction of sp³-hybridized carbons (Fsp3) is 0.100. The van der Waals surface area contributed by atoms with Gasteiger partial charge in [0.25, 0.3) is 0 Å². The summed E-state index contributed by atoms with van der Waals surface area (Å²) in [5, 5.41) is 0.665. The van der Waals surface area contributed by atoms with Crippen LogP contribution in [-0.2, 0) is 0 Å². The minimum Gasteiger partial charge on any atom is -0.493 e. The lowest BCUT2D eigenvalue weighted by atomic mass is 10.0. The zero-order chi connectivity index (χ0) is 25.1. The third kappa shape index (κ3) is 4.30. The Labute approximate surface area is 215 Å². The van der Waals surface area contributed by atoms with Crippen LogP contribution in [0, 0.1) is 0 Å². The number of methoxy groups -OCH3 is 3. The molecule has 0 saturated heterocycles. The molecule has 4 aromatic carbocycles. The van der Waals surface area contributed by atoms with Crippen LogP contribution in [0.15, 0.2) is 97.1 Å². The average Bonchev–Trinajstić information content (AvgIpc) is 3.34. The highest BCUT2D eigenvalue weighted by molar-refractivity contribution is 6.30. The molecule has 0 bridgehead atoms. The number of hydrogen-bond donors (Lipinski definition) is 0. The second-order valence-electron chi connectivity index (χ2n) is 8.09. The Bertz CT molecular complexity index is 1460. The van der Waals surface area contributed by atoms with E-state index in [9.17, 15) is 0 Å². The lowest BCUT2D eigenvalue weighted by Crippen LogP contribution is -2.01. The van der Waals surface area contributed by atoms with Crippen molar-refractivity contribution in [1.82, 2.24) is 9.55 Å². The van der Waals surface area contributed by atoms with Gasteiger partial charge in [-0.1, -0.05) is 72.3 Å². The van der Waals surface area contributed by atoms with E-state index in [4.69, 9.17) is 30.8 Å². The summed E-state index contributed by atoms with van der Waals surface area (Å²) in [5.74, 6) is 2.37. The first-order valence-electron chi connectivity index (χ1n) is 11.4. The SMILES string of the molecule is COc1cc(-c2nc(-c3ccccc3)c(-c3ccccc3)n2-c2ccc(Cl)cc2)cc(OC)c1OC. The molecule has 5 rings (SSSR count). The Morgan fingerprint density at radius 2 is 1.19 bits per heavy atom. The molecule has 5 aromatic rings. The molecule has 1 aromatic heterocycles. The van der Waals surface area contributed by atoms with Gasteiger partial charge in [0, 0.05) is 27.4 Å². The van der Waals surface area contributed by atoms with Gasteiger partial charge in [-0.25, -0.2) is 4.98 Å². The Balaban J connectivity index is 1.89. The monoisotopic (exact) mass is 496 g/mol. The summed E-state index contributed by atoms with van der Waals surface area (Å²) >= 11 is 6.25. The second-order valence-corrected chi connectivity index (χ2v) is 8.53. The van der Waals surface area contributed by atoms with Crippen LogP contribution in [0.4, 0.5) is 0 Å². The maximum atomic E-state index is 6.25. The maximum absolute atomic E-state index is 6.25. The van der Waals surface area contributed by atoms with Crippen LogP contribution in [0.1, 0.15) is 0 Å². The lowest BCUT2D eigenvalue weighted by molar-refractivity contribution is 0.324. The molecule has 0 amide bonds. The van der Waals surface area contributed by atoms with Crippen LogP contribution in [0.2, 0.25) is 5.02 Å². The molecule has 1 heterocycles. The first kappa shape index (κ1) is 23.5. The largest absolute Gasteiger partial charge is 0.493 e. The Morgan fingerprint density at radius 3 is 1.72 bits per heavy atom. The lowest BCUT2D eigenvalue weighted by Gasteiger charge is -2.16. The van der Waals surface area contributed by atoms with Crippen molar-refractivity contribution >= 4 is 11.6 Å². The van der Waals surface area contributed by atoms with E-state index in [0.29, 0.717) is 22.3 Å². The summed E-state index contributed by atoms with van der Waals surface area (Å²) in [6, 6.07) is 32.0. The van der Waals surface area contributed by atoms with E-state index in [2.05, 4.69) is 28.8 Å². The summed E-state index contributed by atoms with van der Waals surface area (Å²) in [5.41, 5.74) is 5.62. The number of aromatic nitrogens is 2. The Kier molecular flexibility index (Phi) is 6.65. The minimum atomic E-state index is 0.528. The minimum absolute atomic E-state index is 0.528. The molecule has 0 aliphatic carbocycles. The molecule has 0 N–H and O–H groups in total. The standard InChI is InChI=1S/C30H25ClN2O3/c1-34-25-18-22(19-26(35-2)29(25)36-3)30-32-27(20-10-6-4-7-11-20)28(21-12-8-5-9-13-21)33(30)24-16-14-23(31)15-17-24/h4-19H,1-3H3. The average molecular weight is 497 g/mol. The number of nitrogens with zero attached hydrogens (tertiary/aromatic N) is 2. The molecule has 36 heavy (non-hydrogen) atoms. The van der Waals surface area contributed by atoms with Gasteiger partial charge in [0.1, 0.15) is 5.82 Å². The fourth-order valence-corrected chi connectivity index (χ4v) is 4.45. The third-order valence-electron chi connectivity index (χ3n) is 5.98. The van der Waals surface area contributed by atoms with Crippen molar-refractivity contribution < 1.29 is 14.2 Å². The summed E-state index contributed by atoms with van der Waals surface area (Å²) in [6.07, 6.45) is 0. The molecule has 0 fully saturated rings. The number of rotatable bonds is 7. The van der Waals surface area contributed by atoms with Crippen molar-refractivity contribution in [2.75, 3.05) is 21.3 Å². The Hall–Kier alpha value is -4.22. The van der Waals surface area contributed by atoms with Gasteiger partial charge in [0.15, 0.2) is 11.5 Å². The van der Waals surface area contributed by atoms with E-state index in [1.165, 1.54) is 0 Å². The van der Waals surface area contributed by atoms with E-state index in [-0.39, 0.29) is 0 Å². The number of hydrogen-bond acceptors (Lipinski definition) is 4. The van der Waals surface area contributed by atoms with Gasteiger partial charge in [-0.2, -0.15) is 0 Å².